The van der Waals surface area contributed by atoms with Crippen molar-refractivity contribution in [2.45, 2.75) is 25.8 Å². The Kier molecular flexibility index (Phi) is 5.48. The summed E-state index contributed by atoms with van der Waals surface area (Å²) in [4.78, 5) is 25.3. The quantitative estimate of drug-likeness (QED) is 0.918. The molecule has 6 heteroatoms. The van der Waals surface area contributed by atoms with Crippen LogP contribution in [0.25, 0.3) is 0 Å². The maximum atomic E-state index is 12.8. The topological polar surface area (TPSA) is 73.2 Å². The standard InChI is InChI=1S/C16H18FN3O2/c17-14-3-1-12(2-4-14)11-19-16(22)13-6-9-20(10-7-13)15(21)5-8-18/h1-4,13H,5-7,9-11H2,(H,19,22). The highest BCUT2D eigenvalue weighted by molar-refractivity contribution is 5.80. The van der Waals surface area contributed by atoms with Gasteiger partial charge < -0.3 is 10.2 Å². The summed E-state index contributed by atoms with van der Waals surface area (Å²) in [6.45, 7) is 1.39. The van der Waals surface area contributed by atoms with E-state index in [4.69, 9.17) is 5.26 Å². The molecule has 1 N–H and O–H groups in total. The molecule has 22 heavy (non-hydrogen) atoms. The molecule has 0 atom stereocenters. The first-order valence-corrected chi connectivity index (χ1v) is 7.27. The Hall–Kier alpha value is -2.42. The predicted octanol–water partition coefficient (Wildman–Crippen LogP) is 1.59. The molecule has 1 heterocycles. The van der Waals surface area contributed by atoms with E-state index < -0.39 is 0 Å². The number of likely N-dealkylation sites (tertiary alicyclic amines) is 1. The molecule has 5 nitrogen and oxygen atoms in total. The van der Waals surface area contributed by atoms with E-state index in [0.717, 1.165) is 5.56 Å². The number of nitrogens with one attached hydrogen (secondary N) is 1. The molecule has 1 saturated heterocycles. The zero-order valence-corrected chi connectivity index (χ0v) is 12.2. The maximum Gasteiger partial charge on any atom is 0.236 e. The summed E-state index contributed by atoms with van der Waals surface area (Å²) in [5, 5.41) is 11.4. The number of piperidine rings is 1. The van der Waals surface area contributed by atoms with Gasteiger partial charge in [0.15, 0.2) is 0 Å². The van der Waals surface area contributed by atoms with Crippen LogP contribution in [-0.4, -0.2) is 29.8 Å². The zero-order chi connectivity index (χ0) is 15.9. The molecule has 0 radical (unpaired) electrons. The van der Waals surface area contributed by atoms with Gasteiger partial charge in [0.1, 0.15) is 12.2 Å². The van der Waals surface area contributed by atoms with Crippen LogP contribution < -0.4 is 5.32 Å². The second-order valence-corrected chi connectivity index (χ2v) is 5.33. The Morgan fingerprint density at radius 3 is 2.50 bits per heavy atom. The molecule has 1 aromatic rings. The molecule has 116 valence electrons. The van der Waals surface area contributed by atoms with Crippen molar-refractivity contribution in [3.05, 3.63) is 35.6 Å². The highest BCUT2D eigenvalue weighted by Crippen LogP contribution is 2.18. The number of carbonyl (C=O) groups excluding carboxylic acids is 2. The number of nitrogens with zero attached hydrogens (tertiary/aromatic N) is 2. The second kappa shape index (κ2) is 7.55. The molecule has 2 rings (SSSR count). The Morgan fingerprint density at radius 2 is 1.91 bits per heavy atom. The monoisotopic (exact) mass is 303 g/mol. The molecule has 0 aromatic heterocycles. The highest BCUT2D eigenvalue weighted by Gasteiger charge is 2.26. The molecule has 0 saturated carbocycles. The molecule has 2 amide bonds. The molecule has 0 spiro atoms. The summed E-state index contributed by atoms with van der Waals surface area (Å²) in [6.07, 6.45) is 1.10. The lowest BCUT2D eigenvalue weighted by Gasteiger charge is -2.30. The summed E-state index contributed by atoms with van der Waals surface area (Å²) >= 11 is 0. The van der Waals surface area contributed by atoms with Crippen molar-refractivity contribution < 1.29 is 14.0 Å². The minimum atomic E-state index is -0.301. The van der Waals surface area contributed by atoms with Crippen LogP contribution in [0.15, 0.2) is 24.3 Å². The third-order valence-corrected chi connectivity index (χ3v) is 3.83. The van der Waals surface area contributed by atoms with Crippen molar-refractivity contribution in [1.82, 2.24) is 10.2 Å². The number of hydrogen-bond donors (Lipinski definition) is 1. The van der Waals surface area contributed by atoms with Gasteiger partial charge in [-0.2, -0.15) is 5.26 Å². The lowest BCUT2D eigenvalue weighted by molar-refractivity contribution is -0.134. The van der Waals surface area contributed by atoms with Crippen molar-refractivity contribution in [2.75, 3.05) is 13.1 Å². The smallest absolute Gasteiger partial charge is 0.236 e. The van der Waals surface area contributed by atoms with Crippen molar-refractivity contribution >= 4 is 11.8 Å². The first-order chi connectivity index (χ1) is 10.6. The van der Waals surface area contributed by atoms with E-state index in [1.165, 1.54) is 12.1 Å². The van der Waals surface area contributed by atoms with E-state index in [1.807, 2.05) is 6.07 Å². The number of amides is 2. The van der Waals surface area contributed by atoms with E-state index in [9.17, 15) is 14.0 Å². The molecular formula is C16H18FN3O2. The van der Waals surface area contributed by atoms with Gasteiger partial charge in [0, 0.05) is 25.6 Å². The van der Waals surface area contributed by atoms with Crippen LogP contribution in [0.5, 0.6) is 0 Å². The third-order valence-electron chi connectivity index (χ3n) is 3.83. The third kappa shape index (κ3) is 4.29. The van der Waals surface area contributed by atoms with Gasteiger partial charge in [-0.3, -0.25) is 9.59 Å². The number of hydrogen-bond acceptors (Lipinski definition) is 3. The van der Waals surface area contributed by atoms with Crippen LogP contribution in [0, 0.1) is 23.1 Å². The summed E-state index contributed by atoms with van der Waals surface area (Å²) in [7, 11) is 0. The molecule has 1 aromatic carbocycles. The van der Waals surface area contributed by atoms with Gasteiger partial charge in [0.2, 0.25) is 11.8 Å². The Balaban J connectivity index is 1.76. The molecule has 0 aliphatic carbocycles. The first kappa shape index (κ1) is 16.0. The van der Waals surface area contributed by atoms with Crippen LogP contribution in [-0.2, 0) is 16.1 Å². The molecular weight excluding hydrogens is 285 g/mol. The van der Waals surface area contributed by atoms with Crippen LogP contribution >= 0.6 is 0 Å². The van der Waals surface area contributed by atoms with Crippen LogP contribution in [0.1, 0.15) is 24.8 Å². The lowest BCUT2D eigenvalue weighted by atomic mass is 9.95. The number of carbonyl (C=O) groups is 2. The van der Waals surface area contributed by atoms with Crippen molar-refractivity contribution in [2.24, 2.45) is 5.92 Å². The second-order valence-electron chi connectivity index (χ2n) is 5.33. The van der Waals surface area contributed by atoms with Gasteiger partial charge in [-0.05, 0) is 30.5 Å². The normalized spacial score (nSPS) is 15.2. The van der Waals surface area contributed by atoms with Crippen LogP contribution in [0.4, 0.5) is 4.39 Å². The molecule has 0 unspecified atom stereocenters. The van der Waals surface area contributed by atoms with E-state index in [0.29, 0.717) is 32.5 Å². The Morgan fingerprint density at radius 1 is 1.27 bits per heavy atom. The van der Waals surface area contributed by atoms with Gasteiger partial charge in [0.05, 0.1) is 6.07 Å². The largest absolute Gasteiger partial charge is 0.352 e. The Labute approximate surface area is 128 Å². The predicted molar refractivity (Wildman–Crippen MR) is 77.8 cm³/mol. The summed E-state index contributed by atoms with van der Waals surface area (Å²) < 4.78 is 12.8. The summed E-state index contributed by atoms with van der Waals surface area (Å²) in [5.41, 5.74) is 0.844. The molecule has 0 bridgehead atoms. The zero-order valence-electron chi connectivity index (χ0n) is 12.2. The number of benzene rings is 1. The number of halogens is 1. The first-order valence-electron chi connectivity index (χ1n) is 7.27. The average Bonchev–Trinajstić information content (AvgIpc) is 2.54. The van der Waals surface area contributed by atoms with Gasteiger partial charge in [-0.15, -0.1) is 0 Å². The van der Waals surface area contributed by atoms with E-state index in [-0.39, 0.29) is 30.0 Å². The SMILES string of the molecule is N#CCC(=O)N1CCC(C(=O)NCc2ccc(F)cc2)CC1. The fraction of sp³-hybridized carbons (Fsp3) is 0.438. The summed E-state index contributed by atoms with van der Waals surface area (Å²) in [5.74, 6) is -0.638. The lowest BCUT2D eigenvalue weighted by Crippen LogP contribution is -2.42. The number of rotatable bonds is 4. The maximum absolute atomic E-state index is 12.8. The van der Waals surface area contributed by atoms with Gasteiger partial charge >= 0.3 is 0 Å². The minimum absolute atomic E-state index is 0.0447. The minimum Gasteiger partial charge on any atom is -0.352 e. The van der Waals surface area contributed by atoms with Crippen LogP contribution in [0.3, 0.4) is 0 Å². The Bertz CT molecular complexity index is 572. The van der Waals surface area contributed by atoms with Crippen molar-refractivity contribution in [3.63, 3.8) is 0 Å². The van der Waals surface area contributed by atoms with E-state index in [2.05, 4.69) is 5.32 Å². The van der Waals surface area contributed by atoms with Crippen molar-refractivity contribution in [1.29, 1.82) is 5.26 Å². The fourth-order valence-electron chi connectivity index (χ4n) is 2.51. The van der Waals surface area contributed by atoms with Gasteiger partial charge in [-0.25, -0.2) is 4.39 Å². The highest BCUT2D eigenvalue weighted by atomic mass is 19.1. The van der Waals surface area contributed by atoms with E-state index >= 15 is 0 Å². The molecule has 1 aliphatic heterocycles. The van der Waals surface area contributed by atoms with Crippen molar-refractivity contribution in [3.8, 4) is 6.07 Å². The molecule has 1 fully saturated rings. The fourth-order valence-corrected chi connectivity index (χ4v) is 2.51. The van der Waals surface area contributed by atoms with Gasteiger partial charge in [-0.1, -0.05) is 12.1 Å². The summed E-state index contributed by atoms with van der Waals surface area (Å²) in [6, 6.07) is 7.84. The number of nitriles is 1. The molecule has 1 aliphatic rings. The van der Waals surface area contributed by atoms with Crippen LogP contribution in [0.2, 0.25) is 0 Å². The average molecular weight is 303 g/mol. The van der Waals surface area contributed by atoms with E-state index in [1.54, 1.807) is 17.0 Å². The van der Waals surface area contributed by atoms with Gasteiger partial charge in [0.25, 0.3) is 0 Å².